The Morgan fingerprint density at radius 1 is 1.39 bits per heavy atom. The molecule has 1 aliphatic heterocycles. The molecule has 0 bridgehead atoms. The average molecular weight is 405 g/mol. The fourth-order valence-corrected chi connectivity index (χ4v) is 3.47. The minimum Gasteiger partial charge on any atom is -0.466 e. The smallest absolute Gasteiger partial charge is 0.374 e. The molecule has 3 rings (SSSR count). The molecule has 9 nitrogen and oxygen atoms in total. The SMILES string of the molecule is COC(=O)/C=C1/SCC(=O)N1CCCOC(=O)c1ccc(Cn2cccn2)o1. The van der Waals surface area contributed by atoms with Crippen LogP contribution in [0.3, 0.4) is 0 Å². The summed E-state index contributed by atoms with van der Waals surface area (Å²) in [5.41, 5.74) is 0. The predicted molar refractivity (Wildman–Crippen MR) is 99.2 cm³/mol. The van der Waals surface area contributed by atoms with Gasteiger partial charge in [-0.15, -0.1) is 0 Å². The molecular formula is C18H19N3O6S. The van der Waals surface area contributed by atoms with E-state index in [2.05, 4.69) is 9.84 Å². The maximum absolute atomic E-state index is 12.1. The van der Waals surface area contributed by atoms with Gasteiger partial charge in [-0.2, -0.15) is 5.10 Å². The second-order valence-electron chi connectivity index (χ2n) is 5.80. The second-order valence-corrected chi connectivity index (χ2v) is 6.79. The largest absolute Gasteiger partial charge is 0.466 e. The lowest BCUT2D eigenvalue weighted by Gasteiger charge is -2.16. The molecule has 0 atom stereocenters. The van der Waals surface area contributed by atoms with E-state index in [-0.39, 0.29) is 24.0 Å². The highest BCUT2D eigenvalue weighted by Gasteiger charge is 2.27. The van der Waals surface area contributed by atoms with Gasteiger partial charge in [0.15, 0.2) is 0 Å². The number of ether oxygens (including phenoxy) is 2. The molecule has 2 aromatic rings. The molecule has 0 aromatic carbocycles. The van der Waals surface area contributed by atoms with Gasteiger partial charge >= 0.3 is 11.9 Å². The van der Waals surface area contributed by atoms with Crippen LogP contribution in [0, 0.1) is 0 Å². The minimum atomic E-state index is -0.570. The van der Waals surface area contributed by atoms with E-state index < -0.39 is 11.9 Å². The molecule has 10 heteroatoms. The van der Waals surface area contributed by atoms with Crippen molar-refractivity contribution < 1.29 is 28.3 Å². The topological polar surface area (TPSA) is 104 Å². The van der Waals surface area contributed by atoms with Crippen molar-refractivity contribution in [3.63, 3.8) is 0 Å². The van der Waals surface area contributed by atoms with E-state index in [9.17, 15) is 14.4 Å². The number of rotatable bonds is 8. The maximum atomic E-state index is 12.1. The Labute approximate surface area is 165 Å². The highest BCUT2D eigenvalue weighted by molar-refractivity contribution is 8.04. The molecule has 0 unspecified atom stereocenters. The Morgan fingerprint density at radius 2 is 2.25 bits per heavy atom. The summed E-state index contributed by atoms with van der Waals surface area (Å²) < 4.78 is 16.9. The monoisotopic (exact) mass is 405 g/mol. The van der Waals surface area contributed by atoms with Crippen molar-refractivity contribution in [3.8, 4) is 0 Å². The number of hydrogen-bond acceptors (Lipinski definition) is 8. The van der Waals surface area contributed by atoms with Crippen molar-refractivity contribution in [1.29, 1.82) is 0 Å². The van der Waals surface area contributed by atoms with Crippen molar-refractivity contribution in [1.82, 2.24) is 14.7 Å². The van der Waals surface area contributed by atoms with Gasteiger partial charge in [0.05, 0.1) is 37.1 Å². The van der Waals surface area contributed by atoms with Gasteiger partial charge in [-0.1, -0.05) is 11.8 Å². The molecule has 1 aliphatic rings. The van der Waals surface area contributed by atoms with E-state index in [4.69, 9.17) is 9.15 Å². The normalized spacial score (nSPS) is 15.2. The number of thioether (sulfide) groups is 1. The number of hydrogen-bond donors (Lipinski definition) is 0. The van der Waals surface area contributed by atoms with Gasteiger partial charge in [-0.25, -0.2) is 9.59 Å². The number of aromatic nitrogens is 2. The van der Waals surface area contributed by atoms with E-state index in [1.54, 1.807) is 35.3 Å². The van der Waals surface area contributed by atoms with Crippen LogP contribution in [0.25, 0.3) is 0 Å². The molecule has 1 amide bonds. The quantitative estimate of drug-likeness (QED) is 0.371. The lowest BCUT2D eigenvalue weighted by Crippen LogP contribution is -2.27. The van der Waals surface area contributed by atoms with Crippen molar-refractivity contribution in [2.24, 2.45) is 0 Å². The summed E-state index contributed by atoms with van der Waals surface area (Å²) in [6.07, 6.45) is 5.16. The number of carbonyl (C=O) groups excluding carboxylic acids is 3. The summed E-state index contributed by atoms with van der Waals surface area (Å²) in [6, 6.07) is 5.05. The number of carbonyl (C=O) groups is 3. The van der Waals surface area contributed by atoms with E-state index >= 15 is 0 Å². The molecule has 0 N–H and O–H groups in total. The average Bonchev–Trinajstić information content (AvgIpc) is 3.43. The Bertz CT molecular complexity index is 874. The third-order valence-corrected chi connectivity index (χ3v) is 4.88. The number of nitrogens with zero attached hydrogens (tertiary/aromatic N) is 3. The number of furan rings is 1. The van der Waals surface area contributed by atoms with E-state index in [1.165, 1.54) is 29.8 Å². The first-order chi connectivity index (χ1) is 13.6. The zero-order valence-corrected chi connectivity index (χ0v) is 16.0. The van der Waals surface area contributed by atoms with E-state index in [0.29, 0.717) is 30.3 Å². The van der Waals surface area contributed by atoms with Gasteiger partial charge in [-0.05, 0) is 24.6 Å². The van der Waals surface area contributed by atoms with E-state index in [1.807, 2.05) is 0 Å². The minimum absolute atomic E-state index is 0.0965. The highest BCUT2D eigenvalue weighted by atomic mass is 32.2. The second kappa shape index (κ2) is 9.27. The lowest BCUT2D eigenvalue weighted by atomic mass is 10.4. The standard InChI is InChI=1S/C18H19N3O6S/c1-25-17(23)10-16-21(15(22)12-28-16)8-3-9-26-18(24)14-5-4-13(27-14)11-20-7-2-6-19-20/h2,4-7,10H,3,8-9,11-12H2,1H3/b16-10+. The van der Waals surface area contributed by atoms with Gasteiger partial charge in [0.1, 0.15) is 5.76 Å². The Balaban J connectivity index is 1.45. The van der Waals surface area contributed by atoms with Crippen LogP contribution in [0.15, 0.2) is 46.1 Å². The summed E-state index contributed by atoms with van der Waals surface area (Å²) in [4.78, 5) is 36.8. The van der Waals surface area contributed by atoms with Crippen LogP contribution in [0.5, 0.6) is 0 Å². The summed E-state index contributed by atoms with van der Waals surface area (Å²) >= 11 is 1.27. The maximum Gasteiger partial charge on any atom is 0.374 e. The lowest BCUT2D eigenvalue weighted by molar-refractivity contribution is -0.134. The van der Waals surface area contributed by atoms with Gasteiger partial charge in [0, 0.05) is 18.9 Å². The van der Waals surface area contributed by atoms with Gasteiger partial charge in [0.25, 0.3) is 0 Å². The molecule has 148 valence electrons. The molecule has 0 radical (unpaired) electrons. The number of amides is 1. The van der Waals surface area contributed by atoms with Crippen molar-refractivity contribution >= 4 is 29.6 Å². The van der Waals surface area contributed by atoms with Crippen LogP contribution < -0.4 is 0 Å². The fourth-order valence-electron chi connectivity index (χ4n) is 2.51. The van der Waals surface area contributed by atoms with Crippen LogP contribution in [-0.2, 0) is 25.6 Å². The first kappa shape index (κ1) is 19.7. The molecule has 3 heterocycles. The first-order valence-corrected chi connectivity index (χ1v) is 9.51. The third-order valence-electron chi connectivity index (χ3n) is 3.85. The highest BCUT2D eigenvalue weighted by Crippen LogP contribution is 2.28. The van der Waals surface area contributed by atoms with Crippen molar-refractivity contribution in [2.45, 2.75) is 13.0 Å². The zero-order chi connectivity index (χ0) is 19.9. The van der Waals surface area contributed by atoms with Crippen LogP contribution in [0.2, 0.25) is 0 Å². The van der Waals surface area contributed by atoms with Crippen molar-refractivity contribution in [3.05, 3.63) is 53.2 Å². The Hall–Kier alpha value is -3.01. The Morgan fingerprint density at radius 3 is 3.00 bits per heavy atom. The molecule has 0 aliphatic carbocycles. The summed E-state index contributed by atoms with van der Waals surface area (Å²) in [6.45, 7) is 0.878. The molecule has 28 heavy (non-hydrogen) atoms. The van der Waals surface area contributed by atoms with E-state index in [0.717, 1.165) is 0 Å². The third kappa shape index (κ3) is 5.03. The fraction of sp³-hybridized carbons (Fsp3) is 0.333. The Kier molecular flexibility index (Phi) is 6.53. The van der Waals surface area contributed by atoms with Crippen molar-refractivity contribution in [2.75, 3.05) is 26.0 Å². The van der Waals surface area contributed by atoms with Crippen LogP contribution in [-0.4, -0.2) is 58.5 Å². The first-order valence-electron chi connectivity index (χ1n) is 8.53. The van der Waals surface area contributed by atoms with Crippen LogP contribution in [0.1, 0.15) is 22.7 Å². The molecular weight excluding hydrogens is 386 g/mol. The summed E-state index contributed by atoms with van der Waals surface area (Å²) in [5, 5.41) is 4.61. The number of esters is 2. The number of methoxy groups -OCH3 is 1. The van der Waals surface area contributed by atoms with Crippen LogP contribution in [0.4, 0.5) is 0 Å². The molecule has 0 spiro atoms. The van der Waals surface area contributed by atoms with Gasteiger partial charge in [0.2, 0.25) is 11.7 Å². The molecule has 1 saturated heterocycles. The van der Waals surface area contributed by atoms with Gasteiger partial charge < -0.3 is 18.8 Å². The molecule has 2 aromatic heterocycles. The summed E-state index contributed by atoms with van der Waals surface area (Å²) in [7, 11) is 1.28. The zero-order valence-electron chi connectivity index (χ0n) is 15.2. The predicted octanol–water partition coefficient (Wildman–Crippen LogP) is 1.66. The van der Waals surface area contributed by atoms with Crippen LogP contribution >= 0.6 is 11.8 Å². The molecule has 1 fully saturated rings. The summed E-state index contributed by atoms with van der Waals surface area (Å²) in [5.74, 6) is -0.208. The van der Waals surface area contributed by atoms with Gasteiger partial charge in [-0.3, -0.25) is 9.48 Å². The molecule has 0 saturated carbocycles.